The van der Waals surface area contributed by atoms with E-state index in [1.165, 1.54) is 0 Å². The van der Waals surface area contributed by atoms with Gasteiger partial charge in [-0.15, -0.1) is 0 Å². The van der Waals surface area contributed by atoms with Gasteiger partial charge >= 0.3 is 0 Å². The van der Waals surface area contributed by atoms with Crippen molar-refractivity contribution in [1.82, 2.24) is 10.2 Å². The van der Waals surface area contributed by atoms with Crippen molar-refractivity contribution in [3.8, 4) is 0 Å². The third-order valence-corrected chi connectivity index (χ3v) is 4.97. The second-order valence-corrected chi connectivity index (χ2v) is 7.01. The van der Waals surface area contributed by atoms with E-state index in [1.807, 2.05) is 47.4 Å². The molecule has 1 heterocycles. The largest absolute Gasteiger partial charge is 0.352 e. The number of nitrogens with one attached hydrogen (secondary N) is 1. The summed E-state index contributed by atoms with van der Waals surface area (Å²) in [7, 11) is 0. The van der Waals surface area contributed by atoms with Crippen molar-refractivity contribution < 1.29 is 9.59 Å². The Hall–Kier alpha value is -2.33. The summed E-state index contributed by atoms with van der Waals surface area (Å²) in [6, 6.07) is 15.6. The summed E-state index contributed by atoms with van der Waals surface area (Å²) in [4.78, 5) is 25.7. The molecule has 1 aliphatic heterocycles. The first kappa shape index (κ1) is 18.5. The van der Waals surface area contributed by atoms with Crippen molar-refractivity contribution >= 4 is 23.4 Å². The molecular weight excluding hydrogens is 348 g/mol. The fourth-order valence-electron chi connectivity index (χ4n) is 3.17. The average Bonchev–Trinajstić information content (AvgIpc) is 3.04. The van der Waals surface area contributed by atoms with Crippen molar-refractivity contribution in [1.29, 1.82) is 0 Å². The number of rotatable bonds is 7. The zero-order chi connectivity index (χ0) is 18.4. The van der Waals surface area contributed by atoms with Crippen LogP contribution in [0, 0.1) is 0 Å². The minimum absolute atomic E-state index is 0.00467. The van der Waals surface area contributed by atoms with Gasteiger partial charge in [0, 0.05) is 37.5 Å². The highest BCUT2D eigenvalue weighted by atomic mass is 35.5. The highest BCUT2D eigenvalue weighted by Gasteiger charge is 2.19. The van der Waals surface area contributed by atoms with Crippen molar-refractivity contribution in [2.24, 2.45) is 0 Å². The zero-order valence-corrected chi connectivity index (χ0v) is 15.5. The van der Waals surface area contributed by atoms with E-state index in [-0.39, 0.29) is 11.8 Å². The van der Waals surface area contributed by atoms with Crippen molar-refractivity contribution in [2.45, 2.75) is 38.8 Å². The lowest BCUT2D eigenvalue weighted by Gasteiger charge is -2.16. The Kier molecular flexibility index (Phi) is 6.29. The summed E-state index contributed by atoms with van der Waals surface area (Å²) in [5.41, 5.74) is 3.13. The molecule has 0 unspecified atom stereocenters. The van der Waals surface area contributed by atoms with Gasteiger partial charge in [-0.2, -0.15) is 0 Å². The van der Waals surface area contributed by atoms with Crippen LogP contribution in [0.5, 0.6) is 0 Å². The molecule has 4 nitrogen and oxygen atoms in total. The van der Waals surface area contributed by atoms with E-state index >= 15 is 0 Å². The van der Waals surface area contributed by atoms with Gasteiger partial charge in [0.15, 0.2) is 0 Å². The molecule has 0 aromatic heterocycles. The highest BCUT2D eigenvalue weighted by Crippen LogP contribution is 2.17. The van der Waals surface area contributed by atoms with Gasteiger partial charge in [0.1, 0.15) is 0 Å². The van der Waals surface area contributed by atoms with Gasteiger partial charge in [0.2, 0.25) is 11.8 Å². The second-order valence-electron chi connectivity index (χ2n) is 6.61. The molecule has 0 atom stereocenters. The summed E-state index contributed by atoms with van der Waals surface area (Å²) in [5, 5.41) is 3.65. The van der Waals surface area contributed by atoms with E-state index in [0.717, 1.165) is 29.7 Å². The number of halogens is 1. The maximum atomic E-state index is 12.1. The quantitative estimate of drug-likeness (QED) is 0.807. The predicted octanol–water partition coefficient (Wildman–Crippen LogP) is 3.71. The van der Waals surface area contributed by atoms with Crippen LogP contribution in [0.15, 0.2) is 48.5 Å². The van der Waals surface area contributed by atoms with Crippen LogP contribution in [0.25, 0.3) is 0 Å². The number of likely N-dealkylation sites (tertiary alicyclic amines) is 1. The molecule has 1 N–H and O–H groups in total. The molecule has 1 fully saturated rings. The molecule has 0 bridgehead atoms. The molecule has 3 rings (SSSR count). The molecule has 5 heteroatoms. The van der Waals surface area contributed by atoms with Crippen LogP contribution in [0.3, 0.4) is 0 Å². The molecule has 26 heavy (non-hydrogen) atoms. The fraction of sp³-hybridized carbons (Fsp3) is 0.333. The van der Waals surface area contributed by atoms with Crippen LogP contribution in [0.4, 0.5) is 0 Å². The van der Waals surface area contributed by atoms with Gasteiger partial charge in [-0.25, -0.2) is 0 Å². The topological polar surface area (TPSA) is 49.4 Å². The number of nitrogens with zero attached hydrogens (tertiary/aromatic N) is 1. The molecule has 1 aliphatic rings. The van der Waals surface area contributed by atoms with Gasteiger partial charge < -0.3 is 10.2 Å². The number of benzene rings is 2. The molecule has 0 aliphatic carbocycles. The zero-order valence-electron chi connectivity index (χ0n) is 14.7. The Labute approximate surface area is 159 Å². The lowest BCUT2D eigenvalue weighted by atomic mass is 10.1. The Bertz CT molecular complexity index is 791. The molecule has 0 spiro atoms. The third kappa shape index (κ3) is 5.09. The Morgan fingerprint density at radius 2 is 1.92 bits per heavy atom. The first-order valence-electron chi connectivity index (χ1n) is 8.97. The molecule has 2 aromatic rings. The third-order valence-electron chi connectivity index (χ3n) is 4.61. The normalized spacial score (nSPS) is 13.9. The number of carbonyl (C=O) groups excluding carboxylic acids is 2. The predicted molar refractivity (Wildman–Crippen MR) is 103 cm³/mol. The van der Waals surface area contributed by atoms with Crippen LogP contribution in [0.1, 0.15) is 36.0 Å². The van der Waals surface area contributed by atoms with Crippen molar-refractivity contribution in [3.05, 3.63) is 70.2 Å². The summed E-state index contributed by atoms with van der Waals surface area (Å²) in [6.45, 7) is 1.97. The smallest absolute Gasteiger partial charge is 0.222 e. The van der Waals surface area contributed by atoms with Gasteiger partial charge in [-0.3, -0.25) is 9.59 Å². The maximum absolute atomic E-state index is 12.1. The van der Waals surface area contributed by atoms with Crippen LogP contribution in [-0.4, -0.2) is 23.3 Å². The van der Waals surface area contributed by atoms with Crippen molar-refractivity contribution in [2.75, 3.05) is 6.54 Å². The van der Waals surface area contributed by atoms with Crippen LogP contribution < -0.4 is 5.32 Å². The average molecular weight is 371 g/mol. The molecule has 1 saturated heterocycles. The van der Waals surface area contributed by atoms with E-state index in [0.29, 0.717) is 37.4 Å². The number of carbonyl (C=O) groups is 2. The summed E-state index contributed by atoms with van der Waals surface area (Å²) in [5.74, 6) is 0.230. The Morgan fingerprint density at radius 3 is 2.69 bits per heavy atom. The van der Waals surface area contributed by atoms with Gasteiger partial charge in [0.05, 0.1) is 0 Å². The van der Waals surface area contributed by atoms with Crippen LogP contribution in [-0.2, 0) is 29.1 Å². The monoisotopic (exact) mass is 370 g/mol. The maximum Gasteiger partial charge on any atom is 0.222 e. The second kappa shape index (κ2) is 8.86. The van der Waals surface area contributed by atoms with Crippen molar-refractivity contribution in [3.63, 3.8) is 0 Å². The number of hydrogen-bond donors (Lipinski definition) is 1. The lowest BCUT2D eigenvalue weighted by Crippen LogP contribution is -2.24. The van der Waals surface area contributed by atoms with Gasteiger partial charge in [-0.1, -0.05) is 54.1 Å². The molecular formula is C21H23ClN2O2. The molecule has 0 radical (unpaired) electrons. The first-order valence-corrected chi connectivity index (χ1v) is 9.35. The van der Waals surface area contributed by atoms with Crippen LogP contribution in [0.2, 0.25) is 5.02 Å². The molecule has 0 saturated carbocycles. The minimum atomic E-state index is 0.00467. The number of aryl methyl sites for hydroxylation is 1. The summed E-state index contributed by atoms with van der Waals surface area (Å²) < 4.78 is 0. The van der Waals surface area contributed by atoms with E-state index in [9.17, 15) is 9.59 Å². The van der Waals surface area contributed by atoms with Gasteiger partial charge in [-0.05, 0) is 35.6 Å². The number of amides is 2. The fourth-order valence-corrected chi connectivity index (χ4v) is 3.40. The summed E-state index contributed by atoms with van der Waals surface area (Å²) in [6.07, 6.45) is 2.63. The first-order chi connectivity index (χ1) is 12.6. The lowest BCUT2D eigenvalue weighted by molar-refractivity contribution is -0.128. The Morgan fingerprint density at radius 1 is 1.12 bits per heavy atom. The molecule has 2 aromatic carbocycles. The van der Waals surface area contributed by atoms with Gasteiger partial charge in [0.25, 0.3) is 0 Å². The minimum Gasteiger partial charge on any atom is -0.352 e. The standard InChI is InChI=1S/C21H23ClN2O2/c22-19-8-2-1-7-18(19)10-11-20(25)23-14-16-5-3-6-17(13-16)15-24-12-4-9-21(24)26/h1-3,5-8,13H,4,9-12,14-15H2,(H,23,25). The van der Waals surface area contributed by atoms with Crippen LogP contribution >= 0.6 is 11.6 Å². The number of hydrogen-bond acceptors (Lipinski definition) is 2. The Balaban J connectivity index is 1.48. The van der Waals surface area contributed by atoms with E-state index < -0.39 is 0 Å². The van der Waals surface area contributed by atoms with E-state index in [4.69, 9.17) is 11.6 Å². The molecule has 136 valence electrons. The SMILES string of the molecule is O=C(CCc1ccccc1Cl)NCc1cccc(CN2CCCC2=O)c1. The summed E-state index contributed by atoms with van der Waals surface area (Å²) >= 11 is 6.12. The highest BCUT2D eigenvalue weighted by molar-refractivity contribution is 6.31. The molecule has 2 amide bonds. The van der Waals surface area contributed by atoms with E-state index in [1.54, 1.807) is 0 Å². The van der Waals surface area contributed by atoms with E-state index in [2.05, 4.69) is 11.4 Å².